The molecule has 136 heavy (non-hydrogen) atoms. The number of hydrogen-bond donors (Lipinski definition) is 1. The van der Waals surface area contributed by atoms with Gasteiger partial charge in [0, 0.05) is 102 Å². The maximum atomic E-state index is 10.5. The quantitative estimate of drug-likeness (QED) is 0.0758. The molecule has 3 aliphatic rings. The number of halogens is 7. The Labute approximate surface area is 844 Å². The van der Waals surface area contributed by atoms with E-state index >= 15 is 0 Å². The predicted octanol–water partition coefficient (Wildman–Crippen LogP) is 30.1. The van der Waals surface area contributed by atoms with Crippen LogP contribution in [0.1, 0.15) is 93.4 Å². The first kappa shape index (κ1) is 99.4. The minimum Gasteiger partial charge on any atom is -0.436 e. The molecule has 3 aliphatic heterocycles. The number of nitrogens with zero attached hydrogens (tertiary/aromatic N) is 7. The molecule has 0 amide bonds. The summed E-state index contributed by atoms with van der Waals surface area (Å²) < 4.78 is 71.1. The number of fused-ring (bicyclic) bond motifs is 5. The summed E-state index contributed by atoms with van der Waals surface area (Å²) in [7, 11) is -1.34. The molecule has 0 radical (unpaired) electrons. The number of benzene rings is 12. The highest BCUT2D eigenvalue weighted by Crippen LogP contribution is 2.45. The molecule has 0 bridgehead atoms. The van der Waals surface area contributed by atoms with Gasteiger partial charge in [0.05, 0.1) is 33.6 Å². The van der Waals surface area contributed by atoms with E-state index in [4.69, 9.17) is 67.3 Å². The topological polar surface area (TPSA) is 254 Å². The van der Waals surface area contributed by atoms with E-state index in [1.54, 1.807) is 30.6 Å². The number of anilines is 1. The molecule has 12 aromatic carbocycles. The van der Waals surface area contributed by atoms with Crippen molar-refractivity contribution in [1.29, 1.82) is 0 Å². The Morgan fingerprint density at radius 1 is 0.279 bits per heavy atom. The number of nitrogens with two attached hydrogens (primary N) is 1. The fraction of sp³-hybridized carbons (Fsp3) is 0.170. The van der Waals surface area contributed by atoms with Crippen LogP contribution in [0.25, 0.3) is 135 Å². The van der Waals surface area contributed by atoms with Crippen molar-refractivity contribution in [1.82, 2.24) is 34.9 Å². The van der Waals surface area contributed by atoms with Crippen LogP contribution in [0.3, 0.4) is 0 Å². The fourth-order valence-corrected chi connectivity index (χ4v) is 16.5. The van der Waals surface area contributed by atoms with E-state index in [-0.39, 0.29) is 40.7 Å². The second-order valence-electron chi connectivity index (χ2n) is 34.7. The van der Waals surface area contributed by atoms with Crippen molar-refractivity contribution in [3.8, 4) is 79.5 Å². The Hall–Kier alpha value is -11.1. The van der Waals surface area contributed by atoms with Crippen molar-refractivity contribution in [2.45, 2.75) is 117 Å². The number of nitrogen functional groups attached to an aromatic ring is 1. The molecule has 30 heteroatoms. The Balaban J connectivity index is 0.000000124. The van der Waals surface area contributed by atoms with Gasteiger partial charge in [0.2, 0.25) is 29.5 Å². The van der Waals surface area contributed by atoms with Gasteiger partial charge in [-0.3, -0.25) is 14.8 Å². The lowest BCUT2D eigenvalue weighted by molar-refractivity contribution is 0.00578. The van der Waals surface area contributed by atoms with Gasteiger partial charge in [0.25, 0.3) is 5.24 Å². The van der Waals surface area contributed by atoms with Crippen LogP contribution in [0, 0.1) is 0 Å². The summed E-state index contributed by atoms with van der Waals surface area (Å²) in [5.74, 6) is 3.13. The largest absolute Gasteiger partial charge is 0.494 e. The Morgan fingerprint density at radius 3 is 0.860 bits per heavy atom. The summed E-state index contributed by atoms with van der Waals surface area (Å²) in [6.45, 7) is 24.4. The molecule has 3 fully saturated rings. The van der Waals surface area contributed by atoms with E-state index in [1.807, 2.05) is 323 Å². The Kier molecular flexibility index (Phi) is 31.6. The van der Waals surface area contributed by atoms with Crippen LogP contribution in [0.4, 0.5) is 5.69 Å². The lowest BCUT2D eigenvalue weighted by Gasteiger charge is -2.32. The highest BCUT2D eigenvalue weighted by atomic mass is 79.9. The van der Waals surface area contributed by atoms with Gasteiger partial charge >= 0.3 is 21.1 Å². The first-order valence-electron chi connectivity index (χ1n) is 43.3. The second-order valence-corrected chi connectivity index (χ2v) is 40.4. The Bertz CT molecular complexity index is 6880. The van der Waals surface area contributed by atoms with Gasteiger partial charge in [-0.1, -0.05) is 181 Å². The molecule has 0 aliphatic carbocycles. The van der Waals surface area contributed by atoms with Crippen molar-refractivity contribution < 1.29 is 54.8 Å². The minimum absolute atomic E-state index is 0.356. The normalized spacial score (nSPS) is 14.9. The number of hydrogen-bond acceptors (Lipinski definition) is 20. The number of oxazole rings is 5. The van der Waals surface area contributed by atoms with Crippen molar-refractivity contribution in [2.75, 3.05) is 5.73 Å². The SMILES string of the molecule is Brc1cccc(-c2nc3ccccc3o2)c1.Brc1cccc(-c2nc3ccccc3o2)c1.Brc1cncc(Br)c1.CC1(C)OB(B2OC(C)(C)C(C)(C)O2)OC1(C)C.CC1(C)OB(c2cccc(-c3nc4ccccc4o3)c2)OC1(C)C.Nc1ccccc1Br.O=C(Cl)c1cccc(Br)c1.c1cc(-c2cncc(-c3cccc(-c4nc5ccccc5o4)c3)c2)cc(-c2nc3ccccc3o2)c1. The van der Waals surface area contributed by atoms with Gasteiger partial charge in [0.15, 0.2) is 27.9 Å². The summed E-state index contributed by atoms with van der Waals surface area (Å²) in [6, 6.07) is 97.7. The third-order valence-electron chi connectivity index (χ3n) is 23.3. The average Bonchev–Trinajstić information content (AvgIpc) is 1.59. The van der Waals surface area contributed by atoms with Gasteiger partial charge in [0.1, 0.15) is 27.6 Å². The van der Waals surface area contributed by atoms with Crippen LogP contribution in [0.5, 0.6) is 0 Å². The number of rotatable bonds is 10. The second kappa shape index (κ2) is 43.3. The average molecular weight is 2220 g/mol. The van der Waals surface area contributed by atoms with E-state index in [0.29, 0.717) is 35.0 Å². The van der Waals surface area contributed by atoms with Crippen LogP contribution in [0.2, 0.25) is 0 Å². The van der Waals surface area contributed by atoms with Crippen molar-refractivity contribution in [2.24, 2.45) is 0 Å². The predicted molar refractivity (Wildman–Crippen MR) is 565 cm³/mol. The van der Waals surface area contributed by atoms with Crippen LogP contribution in [-0.4, -0.2) is 94.9 Å². The molecule has 3 saturated heterocycles. The molecular weight excluding hydrogens is 2120 g/mol. The number of para-hydroxylation sites is 11. The van der Waals surface area contributed by atoms with E-state index in [1.165, 1.54) is 0 Å². The highest BCUT2D eigenvalue weighted by molar-refractivity contribution is 9.11. The zero-order valence-electron chi connectivity index (χ0n) is 76.2. The van der Waals surface area contributed by atoms with Gasteiger partial charge in [-0.25, -0.2) is 24.9 Å². The summed E-state index contributed by atoms with van der Waals surface area (Å²) >= 11 is 25.1. The number of carbonyl (C=O) groups is 1. The molecule has 0 atom stereocenters. The van der Waals surface area contributed by atoms with Gasteiger partial charge in [-0.05, 0) is 329 Å². The summed E-state index contributed by atoms with van der Waals surface area (Å²) in [4.78, 5) is 41.7. The lowest BCUT2D eigenvalue weighted by Crippen LogP contribution is -2.41. The molecule has 2 N–H and O–H groups in total. The summed E-state index contributed by atoms with van der Waals surface area (Å²) in [6.07, 6.45) is 7.23. The monoisotopic (exact) mass is 2210 g/mol. The smallest absolute Gasteiger partial charge is 0.436 e. The number of aromatic nitrogens is 7. The third-order valence-corrected chi connectivity index (χ3v) is 26.6. The van der Waals surface area contributed by atoms with Gasteiger partial charge in [-0.2, -0.15) is 0 Å². The van der Waals surface area contributed by atoms with E-state index in [2.05, 4.69) is 188 Å². The minimum atomic E-state index is -0.476. The number of pyridine rings is 2. The zero-order chi connectivity index (χ0) is 96.3. The molecule has 0 spiro atoms. The lowest BCUT2D eigenvalue weighted by atomic mass is 9.49. The fourth-order valence-electron chi connectivity index (χ4n) is 13.9. The van der Waals surface area contributed by atoms with Crippen molar-refractivity contribution >= 4 is 200 Å². The molecular formula is C106H92B3Br6ClN8O12. The first-order chi connectivity index (χ1) is 65.0. The van der Waals surface area contributed by atoms with Gasteiger partial charge in [-0.15, -0.1) is 0 Å². The zero-order valence-corrected chi connectivity index (χ0v) is 86.4. The van der Waals surface area contributed by atoms with E-state index in [0.717, 1.165) is 144 Å². The summed E-state index contributed by atoms with van der Waals surface area (Å²) in [5, 5.41) is -0.429. The third kappa shape index (κ3) is 24.7. The first-order valence-corrected chi connectivity index (χ1v) is 48.5. The Morgan fingerprint density at radius 2 is 0.559 bits per heavy atom. The maximum absolute atomic E-state index is 10.5. The van der Waals surface area contributed by atoms with Crippen LogP contribution in [0.15, 0.2) is 377 Å². The van der Waals surface area contributed by atoms with Crippen molar-refractivity contribution in [3.05, 3.63) is 361 Å². The summed E-state index contributed by atoms with van der Waals surface area (Å²) in [5.41, 5.74) is 22.7. The highest BCUT2D eigenvalue weighted by Gasteiger charge is 2.64. The molecule has 0 unspecified atom stereocenters. The van der Waals surface area contributed by atoms with Crippen LogP contribution in [-0.2, 0) is 27.9 Å². The van der Waals surface area contributed by atoms with Crippen LogP contribution >= 0.6 is 107 Å². The van der Waals surface area contributed by atoms with Gasteiger partial charge < -0.3 is 55.7 Å². The van der Waals surface area contributed by atoms with Crippen molar-refractivity contribution in [3.63, 3.8) is 0 Å². The molecule has 19 aromatic rings. The number of carbonyl (C=O) groups excluding carboxylic acids is 1. The molecule has 22 rings (SSSR count). The molecule has 20 nitrogen and oxygen atoms in total. The van der Waals surface area contributed by atoms with E-state index < -0.39 is 19.3 Å². The van der Waals surface area contributed by atoms with E-state index in [9.17, 15) is 4.79 Å². The van der Waals surface area contributed by atoms with Crippen LogP contribution < -0.4 is 11.2 Å². The maximum Gasteiger partial charge on any atom is 0.494 e. The molecule has 7 aromatic heterocycles. The molecule has 10 heterocycles. The molecule has 686 valence electrons. The standard InChI is InChI=1S/C31H19N3O2.C19H20BNO3.2C13H8BrNO.C12H24B2O4.C7H4BrClO.C6H6BrN.C5H3Br2N/c1-3-13-28-26(11-1)33-30(35-28)22-9-5-7-20(15-22)24-17-25(19-32-18-24)21-8-6-10-23(16-21)31-34-27-12-2-4-14-29(27)36-31;1-18(2)19(3,4)24-20(23-18)14-9-7-8-13(12-14)17-21-15-10-5-6-11-16(15)22-17;2*14-10-5-3-4-9(8-10)13-15-11-6-1-2-7-12(11)16-13;1-9(2)10(3,4)16-13(15-9)14-17-11(5,6)12(7,8)18-14;8-6-3-1-2-5(4-6)7(9)10;7-5-3-1-2-4-6(5)8;6-4-1-5(7)3-8-2-4/h1-19H;5-12H,1-4H3;2*1-8H;1-8H3;1-4H;1-4H,8H2;1-3H. The molecule has 0 saturated carbocycles.